The van der Waals surface area contributed by atoms with E-state index < -0.39 is 28.5 Å². The van der Waals surface area contributed by atoms with Crippen molar-refractivity contribution in [2.24, 2.45) is 0 Å². The van der Waals surface area contributed by atoms with Crippen molar-refractivity contribution in [1.82, 2.24) is 14.5 Å². The van der Waals surface area contributed by atoms with E-state index in [-0.39, 0.29) is 23.4 Å². The largest absolute Gasteiger partial charge is 0.352 e. The number of halogens is 1. The summed E-state index contributed by atoms with van der Waals surface area (Å²) < 4.78 is 27.6. The predicted molar refractivity (Wildman–Crippen MR) is 162 cm³/mol. The van der Waals surface area contributed by atoms with Gasteiger partial charge in [-0.15, -0.1) is 0 Å². The normalized spacial score (nSPS) is 14.9. The maximum absolute atomic E-state index is 14.0. The van der Waals surface area contributed by atoms with Gasteiger partial charge >= 0.3 is 0 Å². The molecule has 0 unspecified atom stereocenters. The van der Waals surface area contributed by atoms with Crippen molar-refractivity contribution < 1.29 is 18.0 Å². The van der Waals surface area contributed by atoms with Gasteiger partial charge in [0.25, 0.3) is 0 Å². The Morgan fingerprint density at radius 3 is 2.17 bits per heavy atom. The highest BCUT2D eigenvalue weighted by atomic mass is 35.5. The number of carbonyl (C=O) groups excluding carboxylic acids is 2. The number of nitrogens with zero attached hydrogens (tertiary/aromatic N) is 2. The highest BCUT2D eigenvalue weighted by Crippen LogP contribution is 2.22. The molecule has 0 radical (unpaired) electrons. The summed E-state index contributed by atoms with van der Waals surface area (Å²) in [6, 6.07) is 22.5. The Balaban J connectivity index is 1.65. The summed E-state index contributed by atoms with van der Waals surface area (Å²) in [5, 5.41) is 3.62. The SMILES string of the molecule is Cc1ccc(CN(C(=O)CN(C)S(=O)(=O)c2ccc(Cl)cc2)[C@H](Cc2ccccc2)C(=O)NC2CCCCC2)cc1. The smallest absolute Gasteiger partial charge is 0.243 e. The molecule has 3 aromatic rings. The average molecular weight is 596 g/mol. The summed E-state index contributed by atoms with van der Waals surface area (Å²) in [6.07, 6.45) is 5.42. The molecule has 4 rings (SSSR count). The number of sulfonamides is 1. The van der Waals surface area contributed by atoms with Crippen LogP contribution in [0.25, 0.3) is 0 Å². The topological polar surface area (TPSA) is 86.8 Å². The molecule has 1 aliphatic carbocycles. The van der Waals surface area contributed by atoms with Crippen LogP contribution in [0.5, 0.6) is 0 Å². The highest BCUT2D eigenvalue weighted by molar-refractivity contribution is 7.89. The maximum Gasteiger partial charge on any atom is 0.243 e. The standard InChI is InChI=1S/C32H38ClN3O4S/c1-24-13-15-26(16-14-24)22-36(31(37)23-35(2)41(39,40)29-19-17-27(33)18-20-29)30(21-25-9-5-3-6-10-25)32(38)34-28-11-7-4-8-12-28/h3,5-6,9-10,13-20,28,30H,4,7-8,11-12,21-23H2,1-2H3,(H,34,38)/t30-/m1/s1. The van der Waals surface area contributed by atoms with Crippen molar-refractivity contribution in [3.63, 3.8) is 0 Å². The number of rotatable bonds is 11. The Kier molecular flexibility index (Phi) is 10.6. The zero-order chi connectivity index (χ0) is 29.4. The molecule has 0 heterocycles. The lowest BCUT2D eigenvalue weighted by molar-refractivity contribution is -0.141. The van der Waals surface area contributed by atoms with Gasteiger partial charge in [-0.05, 0) is 55.2 Å². The molecule has 0 aliphatic heterocycles. The van der Waals surface area contributed by atoms with Crippen LogP contribution in [-0.2, 0) is 32.6 Å². The fourth-order valence-corrected chi connectivity index (χ4v) is 6.39. The van der Waals surface area contributed by atoms with E-state index in [2.05, 4.69) is 5.32 Å². The molecule has 1 saturated carbocycles. The molecule has 9 heteroatoms. The van der Waals surface area contributed by atoms with Crippen molar-refractivity contribution in [1.29, 1.82) is 0 Å². The average Bonchev–Trinajstić information content (AvgIpc) is 2.97. The van der Waals surface area contributed by atoms with E-state index in [4.69, 9.17) is 11.6 Å². The number of hydrogen-bond donors (Lipinski definition) is 1. The molecular formula is C32H38ClN3O4S. The quantitative estimate of drug-likeness (QED) is 0.323. The van der Waals surface area contributed by atoms with E-state index in [9.17, 15) is 18.0 Å². The van der Waals surface area contributed by atoms with Crippen molar-refractivity contribution in [3.8, 4) is 0 Å². The van der Waals surface area contributed by atoms with Crippen molar-refractivity contribution in [2.45, 2.75) is 69.0 Å². The molecule has 41 heavy (non-hydrogen) atoms. The highest BCUT2D eigenvalue weighted by Gasteiger charge is 2.34. The number of hydrogen-bond acceptors (Lipinski definition) is 4. The van der Waals surface area contributed by atoms with E-state index in [1.165, 1.54) is 36.2 Å². The summed E-state index contributed by atoms with van der Waals surface area (Å²) >= 11 is 5.95. The first-order chi connectivity index (χ1) is 19.6. The Morgan fingerprint density at radius 1 is 0.902 bits per heavy atom. The third-order valence-corrected chi connectivity index (χ3v) is 9.65. The number of benzene rings is 3. The van der Waals surface area contributed by atoms with E-state index in [0.29, 0.717) is 11.4 Å². The molecule has 3 aromatic carbocycles. The number of amides is 2. The second-order valence-corrected chi connectivity index (χ2v) is 13.3. The van der Waals surface area contributed by atoms with E-state index in [1.807, 2.05) is 61.5 Å². The van der Waals surface area contributed by atoms with Gasteiger partial charge in [-0.3, -0.25) is 9.59 Å². The Labute approximate surface area is 248 Å². The summed E-state index contributed by atoms with van der Waals surface area (Å²) in [5.41, 5.74) is 2.85. The van der Waals surface area contributed by atoms with Gasteiger partial charge in [0.15, 0.2) is 0 Å². The van der Waals surface area contributed by atoms with Crippen LogP contribution in [0.1, 0.15) is 48.8 Å². The number of aryl methyl sites for hydroxylation is 1. The zero-order valence-corrected chi connectivity index (χ0v) is 25.2. The van der Waals surface area contributed by atoms with Gasteiger partial charge in [-0.2, -0.15) is 4.31 Å². The van der Waals surface area contributed by atoms with Gasteiger partial charge in [-0.1, -0.05) is 91.0 Å². The summed E-state index contributed by atoms with van der Waals surface area (Å²) in [6.45, 7) is 1.74. The lowest BCUT2D eigenvalue weighted by Gasteiger charge is -2.34. The first-order valence-corrected chi connectivity index (χ1v) is 15.9. The third-order valence-electron chi connectivity index (χ3n) is 7.58. The molecule has 0 spiro atoms. The molecule has 0 saturated heterocycles. The molecule has 0 bridgehead atoms. The van der Waals surface area contributed by atoms with Crippen LogP contribution in [0.2, 0.25) is 5.02 Å². The van der Waals surface area contributed by atoms with Gasteiger partial charge in [0.05, 0.1) is 11.4 Å². The van der Waals surface area contributed by atoms with Gasteiger partial charge in [-0.25, -0.2) is 8.42 Å². The molecular weight excluding hydrogens is 558 g/mol. The lowest BCUT2D eigenvalue weighted by Crippen LogP contribution is -2.54. The molecule has 7 nitrogen and oxygen atoms in total. The van der Waals surface area contributed by atoms with Crippen LogP contribution in [-0.4, -0.2) is 55.1 Å². The van der Waals surface area contributed by atoms with Crippen LogP contribution in [0.4, 0.5) is 0 Å². The minimum atomic E-state index is -3.96. The van der Waals surface area contributed by atoms with Crippen LogP contribution in [0, 0.1) is 6.92 Å². The minimum Gasteiger partial charge on any atom is -0.352 e. The van der Waals surface area contributed by atoms with E-state index in [1.54, 1.807) is 0 Å². The molecule has 2 amide bonds. The first-order valence-electron chi connectivity index (χ1n) is 14.0. The van der Waals surface area contributed by atoms with Gasteiger partial charge in [0, 0.05) is 31.1 Å². The van der Waals surface area contributed by atoms with E-state index >= 15 is 0 Å². The predicted octanol–water partition coefficient (Wildman–Crippen LogP) is 5.36. The van der Waals surface area contributed by atoms with Crippen LogP contribution >= 0.6 is 11.6 Å². The van der Waals surface area contributed by atoms with Gasteiger partial charge in [0.1, 0.15) is 6.04 Å². The summed E-state index contributed by atoms with van der Waals surface area (Å²) in [5.74, 6) is -0.672. The fourth-order valence-electron chi connectivity index (χ4n) is 5.14. The third kappa shape index (κ3) is 8.41. The van der Waals surface area contributed by atoms with Gasteiger partial charge < -0.3 is 10.2 Å². The number of nitrogens with one attached hydrogen (secondary N) is 1. The van der Waals surface area contributed by atoms with Crippen molar-refractivity contribution in [2.75, 3.05) is 13.6 Å². The molecule has 0 aromatic heterocycles. The molecule has 1 atom stereocenters. The van der Waals surface area contributed by atoms with Gasteiger partial charge in [0.2, 0.25) is 21.8 Å². The molecule has 1 fully saturated rings. The zero-order valence-electron chi connectivity index (χ0n) is 23.6. The Bertz CT molecular complexity index is 1410. The monoisotopic (exact) mass is 595 g/mol. The Morgan fingerprint density at radius 2 is 1.54 bits per heavy atom. The van der Waals surface area contributed by atoms with Crippen molar-refractivity contribution >= 4 is 33.4 Å². The van der Waals surface area contributed by atoms with Crippen molar-refractivity contribution in [3.05, 3.63) is 101 Å². The second kappa shape index (κ2) is 14.1. The molecule has 218 valence electrons. The van der Waals surface area contributed by atoms with Crippen LogP contribution in [0.15, 0.2) is 83.8 Å². The number of carbonyl (C=O) groups is 2. The van der Waals surface area contributed by atoms with Crippen LogP contribution in [0.3, 0.4) is 0 Å². The first kappa shape index (κ1) is 30.8. The number of likely N-dealkylation sites (N-methyl/N-ethyl adjacent to an activating group) is 1. The maximum atomic E-state index is 14.0. The fraction of sp³-hybridized carbons (Fsp3) is 0.375. The minimum absolute atomic E-state index is 0.0400. The Hall–Kier alpha value is -3.20. The van der Waals surface area contributed by atoms with Crippen LogP contribution < -0.4 is 5.32 Å². The van der Waals surface area contributed by atoms with E-state index in [0.717, 1.165) is 53.1 Å². The second-order valence-electron chi connectivity index (χ2n) is 10.8. The molecule has 1 N–H and O–H groups in total. The summed E-state index contributed by atoms with van der Waals surface area (Å²) in [7, 11) is -2.59. The summed E-state index contributed by atoms with van der Waals surface area (Å²) in [4.78, 5) is 29.5. The lowest BCUT2D eigenvalue weighted by atomic mass is 9.94. The molecule has 1 aliphatic rings.